The smallest absolute Gasteiger partial charge is 0.305 e. The molecule has 0 N–H and O–H groups in total. The first kappa shape index (κ1) is 10.9. The van der Waals surface area contributed by atoms with Crippen molar-refractivity contribution in [3.63, 3.8) is 0 Å². The Balaban J connectivity index is 2.74. The normalized spacial score (nSPS) is 9.33. The summed E-state index contributed by atoms with van der Waals surface area (Å²) in [5.41, 5.74) is -0.595. The SMILES string of the molecule is N#CCCOc1ccc([N+](=O)[O-])c(F)c1. The molecule has 0 atom stereocenters. The number of ether oxygens (including phenoxy) is 1. The van der Waals surface area contributed by atoms with Gasteiger partial charge in [-0.2, -0.15) is 9.65 Å². The molecule has 0 saturated heterocycles. The van der Waals surface area contributed by atoms with Gasteiger partial charge in [-0.25, -0.2) is 0 Å². The number of nitriles is 1. The molecule has 0 amide bonds. The molecule has 0 unspecified atom stereocenters. The van der Waals surface area contributed by atoms with Crippen LogP contribution < -0.4 is 4.74 Å². The molecule has 0 spiro atoms. The van der Waals surface area contributed by atoms with Crippen LogP contribution in [0, 0.1) is 27.3 Å². The molecule has 1 rings (SSSR count). The number of benzene rings is 1. The van der Waals surface area contributed by atoms with Gasteiger partial charge in [0.15, 0.2) is 0 Å². The maximum atomic E-state index is 13.0. The third-order valence-corrected chi connectivity index (χ3v) is 1.60. The van der Waals surface area contributed by atoms with Crippen molar-refractivity contribution in [3.8, 4) is 11.8 Å². The maximum Gasteiger partial charge on any atom is 0.305 e. The summed E-state index contributed by atoms with van der Waals surface area (Å²) in [5.74, 6) is -0.775. The molecular formula is C9H7FN2O3. The van der Waals surface area contributed by atoms with E-state index in [9.17, 15) is 14.5 Å². The summed E-state index contributed by atoms with van der Waals surface area (Å²) in [6.07, 6.45) is 0.179. The molecule has 0 radical (unpaired) electrons. The molecule has 0 bridgehead atoms. The molecule has 1 aromatic carbocycles. The molecule has 0 saturated carbocycles. The zero-order chi connectivity index (χ0) is 11.3. The Hall–Kier alpha value is -2.16. The van der Waals surface area contributed by atoms with Crippen LogP contribution in [0.1, 0.15) is 6.42 Å². The molecule has 15 heavy (non-hydrogen) atoms. The lowest BCUT2D eigenvalue weighted by molar-refractivity contribution is -0.387. The van der Waals surface area contributed by atoms with Crippen LogP contribution in [0.3, 0.4) is 0 Å². The lowest BCUT2D eigenvalue weighted by Crippen LogP contribution is -1.98. The minimum atomic E-state index is -0.950. The van der Waals surface area contributed by atoms with Gasteiger partial charge in [0.25, 0.3) is 0 Å². The van der Waals surface area contributed by atoms with Gasteiger partial charge in [0, 0.05) is 12.1 Å². The van der Waals surface area contributed by atoms with Crippen molar-refractivity contribution in [2.45, 2.75) is 6.42 Å². The van der Waals surface area contributed by atoms with Crippen molar-refractivity contribution >= 4 is 5.69 Å². The first-order valence-corrected chi connectivity index (χ1v) is 4.09. The number of nitro benzene ring substituents is 1. The lowest BCUT2D eigenvalue weighted by atomic mass is 10.3. The van der Waals surface area contributed by atoms with Crippen LogP contribution in [0.2, 0.25) is 0 Å². The Morgan fingerprint density at radius 2 is 2.33 bits per heavy atom. The highest BCUT2D eigenvalue weighted by atomic mass is 19.1. The van der Waals surface area contributed by atoms with E-state index in [4.69, 9.17) is 10.00 Å². The van der Waals surface area contributed by atoms with Gasteiger partial charge in [0.2, 0.25) is 5.82 Å². The molecule has 0 fully saturated rings. The summed E-state index contributed by atoms with van der Waals surface area (Å²) in [6, 6.07) is 5.10. The second-order valence-electron chi connectivity index (χ2n) is 2.63. The first-order valence-electron chi connectivity index (χ1n) is 4.09. The van der Waals surface area contributed by atoms with Crippen molar-refractivity contribution in [3.05, 3.63) is 34.1 Å². The molecule has 0 heterocycles. The van der Waals surface area contributed by atoms with Crippen LogP contribution in [-0.2, 0) is 0 Å². The van der Waals surface area contributed by atoms with Gasteiger partial charge < -0.3 is 4.74 Å². The van der Waals surface area contributed by atoms with Crippen LogP contribution in [0.4, 0.5) is 10.1 Å². The van der Waals surface area contributed by atoms with Crippen LogP contribution in [0.5, 0.6) is 5.75 Å². The molecular weight excluding hydrogens is 203 g/mol. The zero-order valence-corrected chi connectivity index (χ0v) is 7.64. The Bertz CT molecular complexity index is 414. The van der Waals surface area contributed by atoms with Crippen molar-refractivity contribution in [2.75, 3.05) is 6.61 Å². The number of nitro groups is 1. The van der Waals surface area contributed by atoms with Crippen molar-refractivity contribution in [2.24, 2.45) is 0 Å². The van der Waals surface area contributed by atoms with Crippen molar-refractivity contribution in [1.82, 2.24) is 0 Å². The van der Waals surface area contributed by atoms with Gasteiger partial charge in [-0.15, -0.1) is 0 Å². The zero-order valence-electron chi connectivity index (χ0n) is 7.64. The van der Waals surface area contributed by atoms with E-state index in [0.717, 1.165) is 12.1 Å². The molecule has 5 nitrogen and oxygen atoms in total. The molecule has 0 aliphatic carbocycles. The monoisotopic (exact) mass is 210 g/mol. The van der Waals surface area contributed by atoms with Crippen LogP contribution >= 0.6 is 0 Å². The molecule has 1 aromatic rings. The number of hydrogen-bond donors (Lipinski definition) is 0. The Morgan fingerprint density at radius 3 is 2.87 bits per heavy atom. The summed E-state index contributed by atoms with van der Waals surface area (Å²) in [5, 5.41) is 18.5. The Morgan fingerprint density at radius 1 is 1.60 bits per heavy atom. The maximum absolute atomic E-state index is 13.0. The fourth-order valence-corrected chi connectivity index (χ4v) is 0.940. The largest absolute Gasteiger partial charge is 0.492 e. The van der Waals surface area contributed by atoms with Gasteiger partial charge in [-0.05, 0) is 6.07 Å². The fourth-order valence-electron chi connectivity index (χ4n) is 0.940. The fraction of sp³-hybridized carbons (Fsp3) is 0.222. The van der Waals surface area contributed by atoms with Crippen LogP contribution in [-0.4, -0.2) is 11.5 Å². The summed E-state index contributed by atoms with van der Waals surface area (Å²) >= 11 is 0. The second kappa shape index (κ2) is 4.91. The lowest BCUT2D eigenvalue weighted by Gasteiger charge is -2.03. The summed E-state index contributed by atoms with van der Waals surface area (Å²) in [4.78, 5) is 9.46. The van der Waals surface area contributed by atoms with E-state index < -0.39 is 16.4 Å². The predicted molar refractivity (Wildman–Crippen MR) is 48.8 cm³/mol. The molecule has 78 valence electrons. The highest BCUT2D eigenvalue weighted by Gasteiger charge is 2.13. The average molecular weight is 210 g/mol. The molecule has 0 aliphatic rings. The van der Waals surface area contributed by atoms with E-state index in [1.54, 1.807) is 0 Å². The summed E-state index contributed by atoms with van der Waals surface area (Å²) in [6.45, 7) is 0.133. The highest BCUT2D eigenvalue weighted by molar-refractivity contribution is 5.37. The van der Waals surface area contributed by atoms with Gasteiger partial charge in [0.05, 0.1) is 17.4 Å². The topological polar surface area (TPSA) is 76.2 Å². The van der Waals surface area contributed by atoms with Gasteiger partial charge in [-0.1, -0.05) is 0 Å². The van der Waals surface area contributed by atoms with E-state index in [0.29, 0.717) is 0 Å². The number of halogens is 1. The van der Waals surface area contributed by atoms with Crippen LogP contribution in [0.25, 0.3) is 0 Å². The van der Waals surface area contributed by atoms with Gasteiger partial charge in [-0.3, -0.25) is 10.1 Å². The highest BCUT2D eigenvalue weighted by Crippen LogP contribution is 2.22. The Kier molecular flexibility index (Phi) is 3.57. The number of rotatable bonds is 4. The van der Waals surface area contributed by atoms with E-state index in [1.807, 2.05) is 6.07 Å². The summed E-state index contributed by atoms with van der Waals surface area (Å²) < 4.78 is 18.0. The minimum absolute atomic E-state index is 0.133. The van der Waals surface area contributed by atoms with Gasteiger partial charge in [0.1, 0.15) is 12.4 Å². The van der Waals surface area contributed by atoms with Crippen molar-refractivity contribution < 1.29 is 14.1 Å². The van der Waals surface area contributed by atoms with Crippen LogP contribution in [0.15, 0.2) is 18.2 Å². The second-order valence-corrected chi connectivity index (χ2v) is 2.63. The molecule has 0 aromatic heterocycles. The predicted octanol–water partition coefficient (Wildman–Crippen LogP) is 2.03. The van der Waals surface area contributed by atoms with E-state index >= 15 is 0 Å². The quantitative estimate of drug-likeness (QED) is 0.432. The summed E-state index contributed by atoms with van der Waals surface area (Å²) in [7, 11) is 0. The number of hydrogen-bond acceptors (Lipinski definition) is 4. The van der Waals surface area contributed by atoms with E-state index in [1.165, 1.54) is 6.07 Å². The van der Waals surface area contributed by atoms with E-state index in [2.05, 4.69) is 0 Å². The third-order valence-electron chi connectivity index (χ3n) is 1.60. The third kappa shape index (κ3) is 2.91. The van der Waals surface area contributed by atoms with Crippen molar-refractivity contribution in [1.29, 1.82) is 5.26 Å². The molecule has 6 heteroatoms. The van der Waals surface area contributed by atoms with E-state index in [-0.39, 0.29) is 18.8 Å². The number of nitrogens with zero attached hydrogens (tertiary/aromatic N) is 2. The average Bonchev–Trinajstić information content (AvgIpc) is 2.17. The minimum Gasteiger partial charge on any atom is -0.492 e. The first-order chi connectivity index (χ1) is 7.15. The Labute approximate surface area is 84.9 Å². The standard InChI is InChI=1S/C9H7FN2O3/c10-8-6-7(15-5-1-4-11)2-3-9(8)12(13)14/h2-3,6H,1,5H2. The van der Waals surface area contributed by atoms with Gasteiger partial charge >= 0.3 is 5.69 Å². The molecule has 0 aliphatic heterocycles.